The van der Waals surface area contributed by atoms with E-state index in [2.05, 4.69) is 56.2 Å². The maximum Gasteiger partial charge on any atom is 0.209 e. The molecular weight excluding hydrogens is 302 g/mol. The van der Waals surface area contributed by atoms with Gasteiger partial charge >= 0.3 is 0 Å². The summed E-state index contributed by atoms with van der Waals surface area (Å²) in [6, 6.07) is 10.5. The minimum absolute atomic E-state index is 0.426. The second-order valence-corrected chi connectivity index (χ2v) is 6.22. The molecule has 0 bridgehead atoms. The molecule has 0 atom stereocenters. The average Bonchev–Trinajstić information content (AvgIpc) is 3.07. The first-order valence-electron chi connectivity index (χ1n) is 8.19. The van der Waals surface area contributed by atoms with E-state index in [4.69, 9.17) is 5.73 Å². The number of fused-ring (bicyclic) bond motifs is 1. The number of aromatic nitrogens is 4. The van der Waals surface area contributed by atoms with Crippen molar-refractivity contribution in [2.75, 3.05) is 36.8 Å². The Hall–Kier alpha value is -2.67. The predicted molar refractivity (Wildman–Crippen MR) is 93.9 cm³/mol. The molecule has 3 aromatic rings. The summed E-state index contributed by atoms with van der Waals surface area (Å²) in [7, 11) is 0. The summed E-state index contributed by atoms with van der Waals surface area (Å²) in [6.45, 7) is 7.05. The van der Waals surface area contributed by atoms with Crippen LogP contribution < -0.4 is 10.6 Å². The van der Waals surface area contributed by atoms with Gasteiger partial charge in [-0.1, -0.05) is 24.3 Å². The molecule has 1 aromatic carbocycles. The molecule has 24 heavy (non-hydrogen) atoms. The van der Waals surface area contributed by atoms with Crippen molar-refractivity contribution in [1.82, 2.24) is 24.5 Å². The number of nitrogen functional groups attached to an aromatic ring is 1. The standard InChI is InChI=1S/C17H21N7/c1-13-4-2-3-5-14(13)11-22-6-8-23(9-7-22)15-10-16-21-19-12-24(16)17(18)20-15/h2-5,10,12H,6-9,11H2,1H3,(H2,18,20). The lowest BCUT2D eigenvalue weighted by Gasteiger charge is -2.35. The lowest BCUT2D eigenvalue weighted by Crippen LogP contribution is -2.46. The van der Waals surface area contributed by atoms with Gasteiger partial charge in [0.25, 0.3) is 0 Å². The van der Waals surface area contributed by atoms with Crippen LogP contribution in [0.15, 0.2) is 36.7 Å². The summed E-state index contributed by atoms with van der Waals surface area (Å²) in [5, 5.41) is 7.95. The lowest BCUT2D eigenvalue weighted by molar-refractivity contribution is 0.249. The highest BCUT2D eigenvalue weighted by atomic mass is 15.3. The number of hydrogen-bond acceptors (Lipinski definition) is 6. The number of rotatable bonds is 3. The van der Waals surface area contributed by atoms with Crippen molar-refractivity contribution in [3.8, 4) is 0 Å². The Balaban J connectivity index is 1.44. The summed E-state index contributed by atoms with van der Waals surface area (Å²) in [5.41, 5.74) is 9.48. The molecular formula is C17H21N7. The molecule has 2 aromatic heterocycles. The van der Waals surface area contributed by atoms with Gasteiger partial charge in [-0.15, -0.1) is 10.2 Å². The summed E-state index contributed by atoms with van der Waals surface area (Å²) in [5.74, 6) is 1.30. The van der Waals surface area contributed by atoms with Gasteiger partial charge in [0.2, 0.25) is 5.95 Å². The van der Waals surface area contributed by atoms with E-state index in [0.717, 1.165) is 44.2 Å². The Labute approximate surface area is 140 Å². The number of piperazine rings is 1. The smallest absolute Gasteiger partial charge is 0.209 e. The molecule has 7 heteroatoms. The van der Waals surface area contributed by atoms with Crippen molar-refractivity contribution in [2.24, 2.45) is 0 Å². The van der Waals surface area contributed by atoms with Gasteiger partial charge in [-0.2, -0.15) is 4.98 Å². The fourth-order valence-electron chi connectivity index (χ4n) is 3.16. The number of nitrogens with zero attached hydrogens (tertiary/aromatic N) is 6. The molecule has 1 saturated heterocycles. The normalized spacial score (nSPS) is 16.0. The van der Waals surface area contributed by atoms with Crippen LogP contribution in [-0.4, -0.2) is 50.7 Å². The molecule has 7 nitrogen and oxygen atoms in total. The van der Waals surface area contributed by atoms with Crippen LogP contribution in [0.1, 0.15) is 11.1 Å². The van der Waals surface area contributed by atoms with E-state index in [1.54, 1.807) is 10.7 Å². The van der Waals surface area contributed by atoms with Crippen LogP contribution in [0.3, 0.4) is 0 Å². The zero-order chi connectivity index (χ0) is 16.5. The molecule has 124 valence electrons. The number of aryl methyl sites for hydroxylation is 1. The third-order valence-corrected chi connectivity index (χ3v) is 4.66. The molecule has 3 heterocycles. The highest BCUT2D eigenvalue weighted by Gasteiger charge is 2.19. The van der Waals surface area contributed by atoms with Gasteiger partial charge in [-0.3, -0.25) is 9.30 Å². The predicted octanol–water partition coefficient (Wildman–Crippen LogP) is 1.34. The second-order valence-electron chi connectivity index (χ2n) is 6.22. The van der Waals surface area contributed by atoms with Crippen molar-refractivity contribution in [3.63, 3.8) is 0 Å². The SMILES string of the molecule is Cc1ccccc1CN1CCN(c2cc3nncn3c(N)n2)CC1. The van der Waals surface area contributed by atoms with E-state index >= 15 is 0 Å². The Morgan fingerprint density at radius 2 is 1.92 bits per heavy atom. The molecule has 0 radical (unpaired) electrons. The van der Waals surface area contributed by atoms with E-state index in [-0.39, 0.29) is 0 Å². The molecule has 1 aliphatic heterocycles. The van der Waals surface area contributed by atoms with E-state index < -0.39 is 0 Å². The van der Waals surface area contributed by atoms with Crippen molar-refractivity contribution in [3.05, 3.63) is 47.8 Å². The van der Waals surface area contributed by atoms with Crippen LogP contribution in [0, 0.1) is 6.92 Å². The average molecular weight is 323 g/mol. The number of nitrogens with two attached hydrogens (primary N) is 1. The molecule has 4 rings (SSSR count). The van der Waals surface area contributed by atoms with Crippen molar-refractivity contribution in [1.29, 1.82) is 0 Å². The van der Waals surface area contributed by atoms with Crippen LogP contribution in [-0.2, 0) is 6.54 Å². The van der Waals surface area contributed by atoms with Crippen LogP contribution in [0.25, 0.3) is 5.65 Å². The Kier molecular flexibility index (Phi) is 3.78. The fourth-order valence-corrected chi connectivity index (χ4v) is 3.16. The highest BCUT2D eigenvalue weighted by molar-refractivity contribution is 5.55. The van der Waals surface area contributed by atoms with Gasteiger partial charge in [0.15, 0.2) is 5.65 Å². The molecule has 2 N–H and O–H groups in total. The van der Waals surface area contributed by atoms with Crippen LogP contribution in [0.5, 0.6) is 0 Å². The first-order valence-corrected chi connectivity index (χ1v) is 8.19. The topological polar surface area (TPSA) is 75.6 Å². The van der Waals surface area contributed by atoms with Gasteiger partial charge in [0, 0.05) is 38.8 Å². The molecule has 1 fully saturated rings. The largest absolute Gasteiger partial charge is 0.369 e. The zero-order valence-corrected chi connectivity index (χ0v) is 13.8. The number of benzene rings is 1. The number of hydrogen-bond donors (Lipinski definition) is 1. The van der Waals surface area contributed by atoms with Gasteiger partial charge in [-0.05, 0) is 18.1 Å². The molecule has 0 saturated carbocycles. The second kappa shape index (κ2) is 6.09. The third-order valence-electron chi connectivity index (χ3n) is 4.66. The minimum Gasteiger partial charge on any atom is -0.369 e. The molecule has 0 amide bonds. The molecule has 0 spiro atoms. The summed E-state index contributed by atoms with van der Waals surface area (Å²) in [4.78, 5) is 9.24. The van der Waals surface area contributed by atoms with Gasteiger partial charge in [0.1, 0.15) is 12.1 Å². The van der Waals surface area contributed by atoms with Crippen molar-refractivity contribution in [2.45, 2.75) is 13.5 Å². The van der Waals surface area contributed by atoms with Crippen LogP contribution >= 0.6 is 0 Å². The maximum atomic E-state index is 5.99. The summed E-state index contributed by atoms with van der Waals surface area (Å²) >= 11 is 0. The van der Waals surface area contributed by atoms with Crippen molar-refractivity contribution < 1.29 is 0 Å². The summed E-state index contributed by atoms with van der Waals surface area (Å²) in [6.07, 6.45) is 1.58. The first kappa shape index (κ1) is 14.9. The lowest BCUT2D eigenvalue weighted by atomic mass is 10.1. The Bertz CT molecular complexity index is 849. The van der Waals surface area contributed by atoms with Crippen molar-refractivity contribution >= 4 is 17.4 Å². The molecule has 0 unspecified atom stereocenters. The molecule has 1 aliphatic rings. The third kappa shape index (κ3) is 2.78. The van der Waals surface area contributed by atoms with E-state index in [1.807, 2.05) is 6.07 Å². The van der Waals surface area contributed by atoms with E-state index in [1.165, 1.54) is 11.1 Å². The first-order chi connectivity index (χ1) is 11.7. The molecule has 0 aliphatic carbocycles. The van der Waals surface area contributed by atoms with E-state index in [0.29, 0.717) is 5.95 Å². The maximum absolute atomic E-state index is 5.99. The number of anilines is 2. The monoisotopic (exact) mass is 323 g/mol. The highest BCUT2D eigenvalue weighted by Crippen LogP contribution is 2.19. The Morgan fingerprint density at radius 1 is 1.12 bits per heavy atom. The van der Waals surface area contributed by atoms with E-state index in [9.17, 15) is 0 Å². The fraction of sp³-hybridized carbons (Fsp3) is 0.353. The van der Waals surface area contributed by atoms with Crippen LogP contribution in [0.2, 0.25) is 0 Å². The minimum atomic E-state index is 0.426. The zero-order valence-electron chi connectivity index (χ0n) is 13.8. The quantitative estimate of drug-likeness (QED) is 0.784. The van der Waals surface area contributed by atoms with Gasteiger partial charge in [-0.25, -0.2) is 0 Å². The Morgan fingerprint density at radius 3 is 2.71 bits per heavy atom. The van der Waals surface area contributed by atoms with Gasteiger partial charge < -0.3 is 10.6 Å². The van der Waals surface area contributed by atoms with Gasteiger partial charge in [0.05, 0.1) is 0 Å². The van der Waals surface area contributed by atoms with Crippen LogP contribution in [0.4, 0.5) is 11.8 Å². The summed E-state index contributed by atoms with van der Waals surface area (Å²) < 4.78 is 1.69.